The number of carbonyl (C=O) groups excluding carboxylic acids is 1. The van der Waals surface area contributed by atoms with Gasteiger partial charge in [0.15, 0.2) is 5.78 Å². The lowest BCUT2D eigenvalue weighted by Crippen LogP contribution is -2.14. The van der Waals surface area contributed by atoms with E-state index in [2.05, 4.69) is 9.88 Å². The van der Waals surface area contributed by atoms with Crippen LogP contribution in [0.25, 0.3) is 0 Å². The molecule has 0 aliphatic carbocycles. The van der Waals surface area contributed by atoms with Crippen molar-refractivity contribution in [1.29, 1.82) is 0 Å². The predicted octanol–water partition coefficient (Wildman–Crippen LogP) is 2.68. The van der Waals surface area contributed by atoms with Crippen LogP contribution in [-0.4, -0.2) is 19.4 Å². The Balaban J connectivity index is 2.36. The monoisotopic (exact) mass is 308 g/mol. The summed E-state index contributed by atoms with van der Waals surface area (Å²) in [5, 5.41) is 3.70. The van der Waals surface area contributed by atoms with Gasteiger partial charge >= 0.3 is 0 Å². The second-order valence-electron chi connectivity index (χ2n) is 4.63. The molecule has 0 atom stereocenters. The van der Waals surface area contributed by atoms with Crippen LogP contribution >= 0.6 is 0 Å². The molecule has 0 spiro atoms. The Bertz CT molecular complexity index is 778. The molecule has 1 heterocycles. The number of hydrogen-bond acceptors (Lipinski definition) is 5. The van der Waals surface area contributed by atoms with Crippen LogP contribution in [0.15, 0.2) is 33.7 Å². The van der Waals surface area contributed by atoms with Gasteiger partial charge in [-0.15, -0.1) is 0 Å². The first-order valence-corrected chi connectivity index (χ1v) is 7.92. The van der Waals surface area contributed by atoms with E-state index < -0.39 is 10.0 Å². The summed E-state index contributed by atoms with van der Waals surface area (Å²) in [6.07, 6.45) is 0.317. The smallest absolute Gasteiger partial charge is 0.264 e. The summed E-state index contributed by atoms with van der Waals surface area (Å²) in [6, 6.07) is 5.91. The fraction of sp³-hybridized carbons (Fsp3) is 0.286. The molecule has 7 heteroatoms. The normalized spacial score (nSPS) is 11.4. The van der Waals surface area contributed by atoms with E-state index in [1.54, 1.807) is 26.8 Å². The third-order valence-corrected chi connectivity index (χ3v) is 4.50. The highest BCUT2D eigenvalue weighted by molar-refractivity contribution is 7.92. The number of aryl methyl sites for hydroxylation is 1. The zero-order chi connectivity index (χ0) is 15.6. The highest BCUT2D eigenvalue weighted by Gasteiger charge is 2.20. The van der Waals surface area contributed by atoms with Gasteiger partial charge in [-0.25, -0.2) is 13.1 Å². The second-order valence-corrected chi connectivity index (χ2v) is 6.31. The van der Waals surface area contributed by atoms with Gasteiger partial charge in [-0.2, -0.15) is 0 Å². The molecule has 0 amide bonds. The standard InChI is InChI=1S/C14H16N2O4S/c1-4-13(17)11-6-5-7-12(8-11)21(18,19)16-14-9(2)10(3)15-20-14/h5-8,16H,4H2,1-3H3. The number of hydrogen-bond donors (Lipinski definition) is 1. The molecule has 0 saturated heterocycles. The third kappa shape index (κ3) is 3.13. The lowest BCUT2D eigenvalue weighted by Gasteiger charge is -2.07. The van der Waals surface area contributed by atoms with Gasteiger partial charge in [0.1, 0.15) is 0 Å². The quantitative estimate of drug-likeness (QED) is 0.858. The first kappa shape index (κ1) is 15.2. The van der Waals surface area contributed by atoms with Crippen LogP contribution in [0.1, 0.15) is 35.0 Å². The van der Waals surface area contributed by atoms with Crippen molar-refractivity contribution in [2.75, 3.05) is 4.72 Å². The van der Waals surface area contributed by atoms with Crippen LogP contribution in [-0.2, 0) is 10.0 Å². The Kier molecular flexibility index (Phi) is 4.13. The van der Waals surface area contributed by atoms with Crippen molar-refractivity contribution in [3.8, 4) is 0 Å². The molecular formula is C14H16N2O4S. The van der Waals surface area contributed by atoms with E-state index in [-0.39, 0.29) is 16.6 Å². The summed E-state index contributed by atoms with van der Waals surface area (Å²) in [5.74, 6) is -0.0292. The maximum atomic E-state index is 12.3. The molecule has 1 N–H and O–H groups in total. The molecule has 112 valence electrons. The van der Waals surface area contributed by atoms with E-state index in [0.29, 0.717) is 23.2 Å². The molecule has 21 heavy (non-hydrogen) atoms. The van der Waals surface area contributed by atoms with E-state index in [0.717, 1.165) is 0 Å². The van der Waals surface area contributed by atoms with Gasteiger partial charge in [0.25, 0.3) is 10.0 Å². The summed E-state index contributed by atoms with van der Waals surface area (Å²) in [6.45, 7) is 5.15. The number of Topliss-reactive ketones (excluding diaryl/α,β-unsaturated/α-hetero) is 1. The van der Waals surface area contributed by atoms with Gasteiger partial charge in [0.2, 0.25) is 5.88 Å². The van der Waals surface area contributed by atoms with Crippen molar-refractivity contribution in [3.05, 3.63) is 41.1 Å². The molecular weight excluding hydrogens is 292 g/mol. The van der Waals surface area contributed by atoms with E-state index in [4.69, 9.17) is 4.52 Å². The zero-order valence-corrected chi connectivity index (χ0v) is 12.8. The molecule has 2 rings (SSSR count). The fourth-order valence-electron chi connectivity index (χ4n) is 1.73. The average molecular weight is 308 g/mol. The van der Waals surface area contributed by atoms with E-state index in [9.17, 15) is 13.2 Å². The number of aromatic nitrogens is 1. The summed E-state index contributed by atoms with van der Waals surface area (Å²) in [7, 11) is -3.82. The number of nitrogens with zero attached hydrogens (tertiary/aromatic N) is 1. The molecule has 1 aromatic carbocycles. The lowest BCUT2D eigenvalue weighted by molar-refractivity contribution is 0.0988. The molecule has 0 aliphatic rings. The summed E-state index contributed by atoms with van der Waals surface area (Å²) in [4.78, 5) is 11.7. The molecule has 0 saturated carbocycles. The SMILES string of the molecule is CCC(=O)c1cccc(S(=O)(=O)Nc2onc(C)c2C)c1. The van der Waals surface area contributed by atoms with Crippen LogP contribution in [0.4, 0.5) is 5.88 Å². The molecule has 0 fully saturated rings. The topological polar surface area (TPSA) is 89.3 Å². The molecule has 0 radical (unpaired) electrons. The van der Waals surface area contributed by atoms with E-state index in [1.807, 2.05) is 0 Å². The van der Waals surface area contributed by atoms with Crippen LogP contribution in [0, 0.1) is 13.8 Å². The molecule has 2 aromatic rings. The Morgan fingerprint density at radius 2 is 2.05 bits per heavy atom. The van der Waals surface area contributed by atoms with Gasteiger partial charge in [0, 0.05) is 17.5 Å². The first-order valence-electron chi connectivity index (χ1n) is 6.44. The summed E-state index contributed by atoms with van der Waals surface area (Å²) >= 11 is 0. The van der Waals surface area contributed by atoms with Gasteiger partial charge in [-0.3, -0.25) is 4.79 Å². The van der Waals surface area contributed by atoms with Crippen LogP contribution in [0.3, 0.4) is 0 Å². The van der Waals surface area contributed by atoms with Gasteiger partial charge < -0.3 is 4.52 Å². The molecule has 0 unspecified atom stereocenters. The Morgan fingerprint density at radius 1 is 1.33 bits per heavy atom. The van der Waals surface area contributed by atoms with Crippen molar-refractivity contribution in [2.24, 2.45) is 0 Å². The molecule has 0 bridgehead atoms. The zero-order valence-electron chi connectivity index (χ0n) is 12.0. The van der Waals surface area contributed by atoms with Crippen molar-refractivity contribution < 1.29 is 17.7 Å². The van der Waals surface area contributed by atoms with Crippen molar-refractivity contribution >= 4 is 21.7 Å². The lowest BCUT2D eigenvalue weighted by atomic mass is 10.1. The fourth-order valence-corrected chi connectivity index (χ4v) is 2.82. The van der Waals surface area contributed by atoms with Crippen molar-refractivity contribution in [2.45, 2.75) is 32.1 Å². The number of benzene rings is 1. The van der Waals surface area contributed by atoms with Crippen molar-refractivity contribution in [3.63, 3.8) is 0 Å². The number of sulfonamides is 1. The minimum atomic E-state index is -3.82. The van der Waals surface area contributed by atoms with Gasteiger partial charge in [-0.05, 0) is 26.0 Å². The van der Waals surface area contributed by atoms with Crippen LogP contribution < -0.4 is 4.72 Å². The van der Waals surface area contributed by atoms with Crippen LogP contribution in [0.2, 0.25) is 0 Å². The number of carbonyl (C=O) groups is 1. The first-order chi connectivity index (χ1) is 9.85. The Labute approximate surface area is 123 Å². The van der Waals surface area contributed by atoms with Crippen LogP contribution in [0.5, 0.6) is 0 Å². The van der Waals surface area contributed by atoms with Gasteiger partial charge in [-0.1, -0.05) is 24.2 Å². The second kappa shape index (κ2) is 5.69. The van der Waals surface area contributed by atoms with E-state index >= 15 is 0 Å². The Morgan fingerprint density at radius 3 is 2.62 bits per heavy atom. The van der Waals surface area contributed by atoms with Gasteiger partial charge in [0.05, 0.1) is 10.6 Å². The molecule has 0 aliphatic heterocycles. The highest BCUT2D eigenvalue weighted by atomic mass is 32.2. The highest BCUT2D eigenvalue weighted by Crippen LogP contribution is 2.22. The number of nitrogens with one attached hydrogen (secondary N) is 1. The molecule has 1 aromatic heterocycles. The maximum absolute atomic E-state index is 12.3. The molecule has 6 nitrogen and oxygen atoms in total. The number of rotatable bonds is 5. The minimum absolute atomic E-state index is 0.00949. The average Bonchev–Trinajstić information content (AvgIpc) is 2.78. The third-order valence-electron chi connectivity index (χ3n) is 3.17. The predicted molar refractivity (Wildman–Crippen MR) is 77.8 cm³/mol. The van der Waals surface area contributed by atoms with E-state index in [1.165, 1.54) is 18.2 Å². The minimum Gasteiger partial charge on any atom is -0.337 e. The summed E-state index contributed by atoms with van der Waals surface area (Å²) in [5.41, 5.74) is 1.60. The summed E-state index contributed by atoms with van der Waals surface area (Å²) < 4.78 is 31.9. The maximum Gasteiger partial charge on any atom is 0.264 e. The number of anilines is 1. The largest absolute Gasteiger partial charge is 0.337 e. The van der Waals surface area contributed by atoms with Crippen molar-refractivity contribution in [1.82, 2.24) is 5.16 Å². The Hall–Kier alpha value is -2.15. The number of ketones is 1.